The first-order valence-electron chi connectivity index (χ1n) is 16.1. The SMILES string of the molecule is COP(Oc1cc(S(=O)(=O)O)c2ccc3c(S(=O)(=O)O)cc(S(=O)(=O)O)c4ccc1c2c43)Oc1cc(S(=O)(=O)O)c2ccc3c(S(=O)(=O)O)cc(S(=O)(=O)O)c4ccc1c2c43. The first-order valence-corrected chi connectivity index (χ1v) is 25.9. The van der Waals surface area contributed by atoms with E-state index >= 15 is 0 Å². The fourth-order valence-electron chi connectivity index (χ4n) is 7.42. The Morgan fingerprint density at radius 3 is 0.754 bits per heavy atom. The van der Waals surface area contributed by atoms with Crippen LogP contribution in [0, 0.1) is 0 Å². The second-order valence-corrected chi connectivity index (χ2v) is 22.6. The second-order valence-electron chi connectivity index (χ2n) is 13.1. The molecule has 8 aromatic rings. The first-order chi connectivity index (χ1) is 28.0. The van der Waals surface area contributed by atoms with E-state index < -0.39 is 110 Å². The van der Waals surface area contributed by atoms with E-state index in [9.17, 15) is 77.8 Å². The Hall–Kier alpha value is -4.71. The van der Waals surface area contributed by atoms with Crippen molar-refractivity contribution in [3.05, 3.63) is 72.8 Å². The molecule has 0 fully saturated rings. The summed E-state index contributed by atoms with van der Waals surface area (Å²) in [5, 5.41) is -3.72. The van der Waals surface area contributed by atoms with Gasteiger partial charge in [-0.25, -0.2) is 0 Å². The molecule has 61 heavy (non-hydrogen) atoms. The Morgan fingerprint density at radius 1 is 0.344 bits per heavy atom. The average Bonchev–Trinajstić information content (AvgIpc) is 3.13. The topological polar surface area (TPSA) is 354 Å². The molecule has 0 aromatic heterocycles. The van der Waals surface area contributed by atoms with Crippen LogP contribution in [0.4, 0.5) is 0 Å². The van der Waals surface area contributed by atoms with Gasteiger partial charge in [-0.1, -0.05) is 36.4 Å². The van der Waals surface area contributed by atoms with Crippen molar-refractivity contribution in [2.45, 2.75) is 29.4 Å². The summed E-state index contributed by atoms with van der Waals surface area (Å²) in [6.07, 6.45) is 0. The third-order valence-corrected chi connectivity index (χ3v) is 16.0. The Kier molecular flexibility index (Phi) is 9.61. The van der Waals surface area contributed by atoms with E-state index in [-0.39, 0.29) is 64.6 Å². The van der Waals surface area contributed by atoms with Gasteiger partial charge in [0.2, 0.25) is 0 Å². The molecule has 28 heteroatoms. The maximum atomic E-state index is 12.8. The molecule has 0 heterocycles. The van der Waals surface area contributed by atoms with E-state index in [2.05, 4.69) is 0 Å². The molecule has 0 radical (unpaired) electrons. The highest BCUT2D eigenvalue weighted by molar-refractivity contribution is 7.88. The van der Waals surface area contributed by atoms with Crippen molar-refractivity contribution < 1.29 is 91.4 Å². The minimum absolute atomic E-state index is 0.146. The number of rotatable bonds is 11. The lowest BCUT2D eigenvalue weighted by molar-refractivity contribution is 0.324. The molecule has 0 bridgehead atoms. The van der Waals surface area contributed by atoms with Crippen molar-refractivity contribution in [2.24, 2.45) is 0 Å². The zero-order valence-electron chi connectivity index (χ0n) is 29.6. The van der Waals surface area contributed by atoms with Gasteiger partial charge < -0.3 is 9.05 Å². The van der Waals surface area contributed by atoms with Gasteiger partial charge in [-0.05, 0) is 24.3 Å². The van der Waals surface area contributed by atoms with Gasteiger partial charge >= 0.3 is 8.60 Å². The molecule has 21 nitrogen and oxygen atoms in total. The predicted molar refractivity (Wildman–Crippen MR) is 214 cm³/mol. The molecule has 0 amide bonds. The highest BCUT2D eigenvalue weighted by atomic mass is 32.2. The summed E-state index contributed by atoms with van der Waals surface area (Å²) in [5.74, 6) is -1.06. The molecule has 320 valence electrons. The van der Waals surface area contributed by atoms with Crippen molar-refractivity contribution in [3.8, 4) is 11.5 Å². The van der Waals surface area contributed by atoms with Crippen LogP contribution in [0.3, 0.4) is 0 Å². The predicted octanol–water partition coefficient (Wildman–Crippen LogP) is 5.29. The molecule has 8 aromatic carbocycles. The van der Waals surface area contributed by atoms with Gasteiger partial charge in [0.25, 0.3) is 60.7 Å². The zero-order valence-corrected chi connectivity index (χ0v) is 35.4. The number of benzene rings is 8. The van der Waals surface area contributed by atoms with Gasteiger partial charge in [-0.15, -0.1) is 0 Å². The summed E-state index contributed by atoms with van der Waals surface area (Å²) < 4.78 is 229. The van der Waals surface area contributed by atoms with Crippen molar-refractivity contribution in [1.29, 1.82) is 0 Å². The van der Waals surface area contributed by atoms with Gasteiger partial charge in [0.15, 0.2) is 0 Å². The Bertz CT molecular complexity index is 3600. The van der Waals surface area contributed by atoms with Gasteiger partial charge in [0.1, 0.15) is 40.9 Å². The fourth-order valence-corrected chi connectivity index (χ4v) is 12.6. The summed E-state index contributed by atoms with van der Waals surface area (Å²) in [6, 6.07) is 11.1. The van der Waals surface area contributed by atoms with Crippen LogP contribution >= 0.6 is 8.60 Å². The van der Waals surface area contributed by atoms with Crippen molar-refractivity contribution in [1.82, 2.24) is 0 Å². The Balaban J connectivity index is 1.41. The smallest absolute Gasteiger partial charge is 0.417 e. The maximum Gasteiger partial charge on any atom is 0.462 e. The molecular weight excluding hydrogens is 956 g/mol. The number of hydrogen-bond donors (Lipinski definition) is 6. The molecule has 0 aliphatic rings. The molecule has 0 aliphatic carbocycles. The van der Waals surface area contributed by atoms with Crippen LogP contribution in [0.15, 0.2) is 102 Å². The summed E-state index contributed by atoms with van der Waals surface area (Å²) in [7, 11) is -33.4. The van der Waals surface area contributed by atoms with E-state index in [1.165, 1.54) is 0 Å². The third-order valence-electron chi connectivity index (χ3n) is 9.66. The third kappa shape index (κ3) is 7.04. The van der Waals surface area contributed by atoms with E-state index in [1.807, 2.05) is 0 Å². The van der Waals surface area contributed by atoms with Gasteiger partial charge in [0.05, 0.1) is 0 Å². The summed E-state index contributed by atoms with van der Waals surface area (Å²) in [4.78, 5) is -5.86. The summed E-state index contributed by atoms with van der Waals surface area (Å²) >= 11 is 0. The van der Waals surface area contributed by atoms with Crippen LogP contribution in [0.5, 0.6) is 11.5 Å². The molecule has 0 saturated heterocycles. The van der Waals surface area contributed by atoms with E-state index in [1.54, 1.807) is 0 Å². The van der Waals surface area contributed by atoms with Crippen LogP contribution in [0.25, 0.3) is 64.6 Å². The molecule has 0 aliphatic heterocycles. The van der Waals surface area contributed by atoms with Crippen LogP contribution in [0.1, 0.15) is 0 Å². The second kappa shape index (κ2) is 13.6. The van der Waals surface area contributed by atoms with Crippen molar-refractivity contribution in [2.75, 3.05) is 7.11 Å². The van der Waals surface area contributed by atoms with Crippen molar-refractivity contribution in [3.63, 3.8) is 0 Å². The molecule has 6 N–H and O–H groups in total. The highest BCUT2D eigenvalue weighted by Crippen LogP contribution is 2.52. The molecular formula is C33H21O21PS6. The quantitative estimate of drug-likeness (QED) is 0.0544. The molecule has 0 unspecified atom stereocenters. The molecule has 0 atom stereocenters. The summed E-state index contributed by atoms with van der Waals surface area (Å²) in [5.41, 5.74) is 0. The number of hydrogen-bond acceptors (Lipinski definition) is 15. The van der Waals surface area contributed by atoms with Crippen LogP contribution < -0.4 is 9.05 Å². The zero-order chi connectivity index (χ0) is 44.7. The monoisotopic (exact) mass is 976 g/mol. The molecule has 0 saturated carbocycles. The molecule has 8 rings (SSSR count). The largest absolute Gasteiger partial charge is 0.462 e. The lowest BCUT2D eigenvalue weighted by Gasteiger charge is -2.22. The van der Waals surface area contributed by atoms with E-state index in [4.69, 9.17) is 13.6 Å². The van der Waals surface area contributed by atoms with Crippen LogP contribution in [0.2, 0.25) is 0 Å². The normalized spacial score (nSPS) is 13.8. The minimum atomic E-state index is -5.24. The maximum absolute atomic E-state index is 12.8. The van der Waals surface area contributed by atoms with Crippen LogP contribution in [-0.2, 0) is 65.2 Å². The van der Waals surface area contributed by atoms with E-state index in [0.717, 1.165) is 67.8 Å². The van der Waals surface area contributed by atoms with Crippen LogP contribution in [-0.4, -0.2) is 84.9 Å². The van der Waals surface area contributed by atoms with Gasteiger partial charge in [-0.2, -0.15) is 50.5 Å². The average molecular weight is 977 g/mol. The highest BCUT2D eigenvalue weighted by Gasteiger charge is 2.32. The Morgan fingerprint density at radius 2 is 0.541 bits per heavy atom. The van der Waals surface area contributed by atoms with E-state index in [0.29, 0.717) is 12.1 Å². The van der Waals surface area contributed by atoms with Gasteiger partial charge in [-0.3, -0.25) is 31.8 Å². The van der Waals surface area contributed by atoms with Crippen molar-refractivity contribution >= 4 is 134 Å². The lowest BCUT2D eigenvalue weighted by Crippen LogP contribution is -2.08. The minimum Gasteiger partial charge on any atom is -0.417 e. The lowest BCUT2D eigenvalue weighted by atomic mass is 9.94. The summed E-state index contributed by atoms with van der Waals surface area (Å²) in [6.45, 7) is 0. The fraction of sp³-hybridized carbons (Fsp3) is 0.0303. The first kappa shape index (κ1) is 43.0. The van der Waals surface area contributed by atoms with Gasteiger partial charge in [0, 0.05) is 83.9 Å². The standard InChI is InChI=1S/C33H21O21PS6/c1-52-55(53-22-10-24(56(34,35)36)16-6-8-20-28(60(46,47)48)12-26(58(40,41)42)18-4-2-14(22)30(16)32(18)20)54-23-11-25(57(37,38)39)17-7-9-21-29(61(49,50)51)13-27(59(43,44)45)19-5-3-15(23)31(17)33(19)21/h2-13H,1H3,(H,34,35,36)(H,37,38,39)(H,40,41,42)(H,43,44,45)(H,46,47,48)(H,49,50,51). The Labute approximate surface area is 344 Å². The molecule has 0 spiro atoms.